The quantitative estimate of drug-likeness (QED) is 0.733. The molecule has 0 fully saturated rings. The summed E-state index contributed by atoms with van der Waals surface area (Å²) in [7, 11) is 0. The third-order valence-corrected chi connectivity index (χ3v) is 4.45. The topological polar surface area (TPSA) is 32.7 Å². The molecule has 0 radical (unpaired) electrons. The lowest BCUT2D eigenvalue weighted by atomic mass is 10.1. The molecule has 24 heavy (non-hydrogen) atoms. The highest BCUT2D eigenvalue weighted by Gasteiger charge is 2.19. The molecule has 1 heterocycles. The Morgan fingerprint density at radius 1 is 1.00 bits per heavy atom. The van der Waals surface area contributed by atoms with Crippen LogP contribution in [0, 0.1) is 0 Å². The number of carbonyl (C=O) groups is 1. The van der Waals surface area contributed by atoms with Gasteiger partial charge in [-0.1, -0.05) is 36.2 Å². The van der Waals surface area contributed by atoms with Crippen LogP contribution in [0.1, 0.15) is 36.0 Å². The van der Waals surface area contributed by atoms with Crippen LogP contribution in [0.5, 0.6) is 0 Å². The van der Waals surface area contributed by atoms with E-state index in [1.165, 1.54) is 6.42 Å². The van der Waals surface area contributed by atoms with Gasteiger partial charge in [0.15, 0.2) is 5.78 Å². The van der Waals surface area contributed by atoms with Gasteiger partial charge in [0.2, 0.25) is 0 Å². The molecule has 4 heteroatoms. The van der Waals surface area contributed by atoms with E-state index < -0.39 is 0 Å². The van der Waals surface area contributed by atoms with Gasteiger partial charge >= 0.3 is 0 Å². The number of Topliss-reactive ketones (excluding diaryl/α,β-unsaturated/α-hetero) is 1. The predicted molar refractivity (Wildman–Crippen MR) is 100 cm³/mol. The van der Waals surface area contributed by atoms with Crippen LogP contribution in [-0.2, 0) is 0 Å². The summed E-state index contributed by atoms with van der Waals surface area (Å²) in [5.41, 5.74) is 1.69. The Labute approximate surface area is 148 Å². The zero-order valence-corrected chi connectivity index (χ0v) is 14.4. The monoisotopic (exact) mass is 340 g/mol. The van der Waals surface area contributed by atoms with E-state index in [1.54, 1.807) is 24.3 Å². The second-order valence-electron chi connectivity index (χ2n) is 5.96. The second kappa shape index (κ2) is 8.11. The molecule has 3 nitrogen and oxygen atoms in total. The molecule has 2 aromatic rings. The van der Waals surface area contributed by atoms with Crippen molar-refractivity contribution in [3.63, 3.8) is 0 Å². The first-order valence-corrected chi connectivity index (χ1v) is 8.76. The summed E-state index contributed by atoms with van der Waals surface area (Å²) in [6.45, 7) is 1.14. The Hall–Kier alpha value is -2.13. The maximum atomic E-state index is 12.7. The van der Waals surface area contributed by atoms with Gasteiger partial charge in [-0.3, -0.25) is 9.79 Å². The van der Waals surface area contributed by atoms with E-state index in [0.717, 1.165) is 37.3 Å². The average molecular weight is 341 g/mol. The number of hydrogen-bond acceptors (Lipinski definition) is 3. The largest absolute Gasteiger partial charge is 0.322 e. The van der Waals surface area contributed by atoms with Gasteiger partial charge in [-0.05, 0) is 49.2 Å². The molecule has 0 spiro atoms. The van der Waals surface area contributed by atoms with Crippen LogP contribution in [0.25, 0.3) is 0 Å². The van der Waals surface area contributed by atoms with Gasteiger partial charge in [0.05, 0.1) is 6.54 Å². The first kappa shape index (κ1) is 16.7. The van der Waals surface area contributed by atoms with Crippen molar-refractivity contribution in [3.05, 3.63) is 65.2 Å². The van der Waals surface area contributed by atoms with Crippen LogP contribution in [0.15, 0.2) is 59.6 Å². The molecule has 1 aliphatic heterocycles. The molecule has 1 aliphatic rings. The number of halogens is 1. The number of rotatable bonds is 4. The van der Waals surface area contributed by atoms with E-state index >= 15 is 0 Å². The van der Waals surface area contributed by atoms with Crippen molar-refractivity contribution in [2.75, 3.05) is 18.0 Å². The van der Waals surface area contributed by atoms with Crippen LogP contribution < -0.4 is 4.90 Å². The lowest BCUT2D eigenvalue weighted by Gasteiger charge is -2.25. The van der Waals surface area contributed by atoms with Crippen molar-refractivity contribution in [1.29, 1.82) is 0 Å². The number of carbonyl (C=O) groups excluding carboxylic acids is 1. The van der Waals surface area contributed by atoms with E-state index in [2.05, 4.69) is 4.90 Å². The standard InChI is InChI=1S/C20H21ClN2O/c21-17-12-10-16(11-13-17)19(24)15-23(18-7-3-1-4-8-18)20-9-5-2-6-14-22-20/h1,3-4,7-8,10-13H,2,5-6,9,14-15H2. The molecule has 0 bridgehead atoms. The number of nitrogens with zero attached hydrogens (tertiary/aromatic N) is 2. The molecule has 0 saturated carbocycles. The second-order valence-corrected chi connectivity index (χ2v) is 6.40. The minimum Gasteiger partial charge on any atom is -0.322 e. The van der Waals surface area contributed by atoms with Gasteiger partial charge in [0.25, 0.3) is 0 Å². The minimum absolute atomic E-state index is 0.0717. The van der Waals surface area contributed by atoms with E-state index in [9.17, 15) is 4.79 Å². The minimum atomic E-state index is 0.0717. The molecule has 0 aliphatic carbocycles. The predicted octanol–water partition coefficient (Wildman–Crippen LogP) is 5.00. The van der Waals surface area contributed by atoms with Crippen LogP contribution >= 0.6 is 11.6 Å². The normalized spacial score (nSPS) is 14.6. The summed E-state index contributed by atoms with van der Waals surface area (Å²) in [6.07, 6.45) is 4.36. The molecule has 0 aromatic heterocycles. The van der Waals surface area contributed by atoms with Gasteiger partial charge in [-0.2, -0.15) is 0 Å². The number of amidine groups is 1. The van der Waals surface area contributed by atoms with Crippen molar-refractivity contribution in [1.82, 2.24) is 0 Å². The third kappa shape index (κ3) is 4.24. The zero-order valence-electron chi connectivity index (χ0n) is 13.6. The summed E-state index contributed by atoms with van der Waals surface area (Å²) < 4.78 is 0. The molecule has 0 saturated heterocycles. The maximum Gasteiger partial charge on any atom is 0.182 e. The van der Waals surface area contributed by atoms with Crippen LogP contribution in [0.4, 0.5) is 5.69 Å². The number of anilines is 1. The van der Waals surface area contributed by atoms with Crippen LogP contribution in [0.2, 0.25) is 5.02 Å². The molecule has 0 atom stereocenters. The third-order valence-electron chi connectivity index (χ3n) is 4.20. The highest BCUT2D eigenvalue weighted by Crippen LogP contribution is 2.20. The molecular weight excluding hydrogens is 320 g/mol. The molecular formula is C20H21ClN2O. The summed E-state index contributed by atoms with van der Waals surface area (Å²) in [6, 6.07) is 17.1. The fraction of sp³-hybridized carbons (Fsp3) is 0.300. The Bertz CT molecular complexity index is 710. The van der Waals surface area contributed by atoms with Crippen molar-refractivity contribution in [2.24, 2.45) is 4.99 Å². The summed E-state index contributed by atoms with van der Waals surface area (Å²) in [4.78, 5) is 19.5. The fourth-order valence-corrected chi connectivity index (χ4v) is 3.02. The van der Waals surface area contributed by atoms with Crippen molar-refractivity contribution < 1.29 is 4.79 Å². The van der Waals surface area contributed by atoms with E-state index in [4.69, 9.17) is 16.6 Å². The maximum absolute atomic E-state index is 12.7. The number of hydrogen-bond donors (Lipinski definition) is 0. The molecule has 0 N–H and O–H groups in total. The van der Waals surface area contributed by atoms with Crippen molar-refractivity contribution in [3.8, 4) is 0 Å². The fourth-order valence-electron chi connectivity index (χ4n) is 2.89. The molecule has 0 amide bonds. The van der Waals surface area contributed by atoms with Gasteiger partial charge < -0.3 is 4.90 Å². The van der Waals surface area contributed by atoms with Gasteiger partial charge in [0, 0.05) is 29.2 Å². The first-order chi connectivity index (χ1) is 11.7. The first-order valence-electron chi connectivity index (χ1n) is 8.39. The number of ketones is 1. The number of benzene rings is 2. The van der Waals surface area contributed by atoms with Gasteiger partial charge in [0.1, 0.15) is 5.84 Å². The Balaban J connectivity index is 1.85. The van der Waals surface area contributed by atoms with Crippen LogP contribution in [-0.4, -0.2) is 24.7 Å². The summed E-state index contributed by atoms with van der Waals surface area (Å²) >= 11 is 5.92. The lowest BCUT2D eigenvalue weighted by Crippen LogP contribution is -2.35. The highest BCUT2D eigenvalue weighted by atomic mass is 35.5. The Morgan fingerprint density at radius 2 is 1.75 bits per heavy atom. The van der Waals surface area contributed by atoms with E-state index in [1.807, 2.05) is 30.3 Å². The summed E-state index contributed by atoms with van der Waals surface area (Å²) in [5, 5.41) is 0.639. The SMILES string of the molecule is O=C(CN(C1=NCCCCC1)c1ccccc1)c1ccc(Cl)cc1. The number of para-hydroxylation sites is 1. The summed E-state index contributed by atoms with van der Waals surface area (Å²) in [5.74, 6) is 1.09. The Kier molecular flexibility index (Phi) is 5.65. The van der Waals surface area contributed by atoms with Gasteiger partial charge in [-0.25, -0.2) is 0 Å². The van der Waals surface area contributed by atoms with Gasteiger partial charge in [-0.15, -0.1) is 0 Å². The number of aliphatic imine (C=N–C) groups is 1. The zero-order chi connectivity index (χ0) is 16.8. The van der Waals surface area contributed by atoms with Crippen molar-refractivity contribution in [2.45, 2.75) is 25.7 Å². The molecule has 3 rings (SSSR count). The van der Waals surface area contributed by atoms with E-state index in [0.29, 0.717) is 17.1 Å². The molecule has 0 unspecified atom stereocenters. The Morgan fingerprint density at radius 3 is 2.50 bits per heavy atom. The smallest absolute Gasteiger partial charge is 0.182 e. The van der Waals surface area contributed by atoms with Crippen LogP contribution in [0.3, 0.4) is 0 Å². The lowest BCUT2D eigenvalue weighted by molar-refractivity contribution is 0.100. The van der Waals surface area contributed by atoms with Crippen molar-refractivity contribution >= 4 is 28.9 Å². The van der Waals surface area contributed by atoms with E-state index in [-0.39, 0.29) is 5.78 Å². The molecule has 124 valence electrons. The highest BCUT2D eigenvalue weighted by molar-refractivity contribution is 6.30. The molecule has 2 aromatic carbocycles. The average Bonchev–Trinajstić information content (AvgIpc) is 2.90.